The van der Waals surface area contributed by atoms with E-state index in [1.165, 1.54) is 12.3 Å². The molecule has 0 aromatic carbocycles. The van der Waals surface area contributed by atoms with Crippen LogP contribution in [0.15, 0.2) is 12.3 Å². The van der Waals surface area contributed by atoms with Crippen LogP contribution in [-0.4, -0.2) is 29.1 Å². The lowest BCUT2D eigenvalue weighted by Crippen LogP contribution is -2.24. The lowest BCUT2D eigenvalue weighted by atomic mass is 10.2. The van der Waals surface area contributed by atoms with Crippen LogP contribution in [0.2, 0.25) is 0 Å². The molecule has 7 nitrogen and oxygen atoms in total. The predicted molar refractivity (Wildman–Crippen MR) is 68.9 cm³/mol. The molecule has 0 aliphatic rings. The summed E-state index contributed by atoms with van der Waals surface area (Å²) in [5.41, 5.74) is -0.419. The van der Waals surface area contributed by atoms with Crippen LogP contribution in [-0.2, 0) is 0 Å². The Hall–Kier alpha value is -2.20. The molecule has 1 N–H and O–H groups in total. The van der Waals surface area contributed by atoms with E-state index in [4.69, 9.17) is 10.00 Å². The van der Waals surface area contributed by atoms with Gasteiger partial charge < -0.3 is 10.1 Å². The Morgan fingerprint density at radius 3 is 2.95 bits per heavy atom. The second-order valence-electron chi connectivity index (χ2n) is 4.19. The van der Waals surface area contributed by atoms with E-state index in [9.17, 15) is 10.1 Å². The van der Waals surface area contributed by atoms with Crippen molar-refractivity contribution in [2.75, 3.05) is 13.2 Å². The summed E-state index contributed by atoms with van der Waals surface area (Å²) in [6.45, 7) is 5.12. The Bertz CT molecular complexity index is 482. The monoisotopic (exact) mass is 264 g/mol. The molecule has 7 heteroatoms. The molecule has 1 heterocycles. The SMILES string of the molecule is CC(C)NCCCOc1nccc(C#N)c1[N+](=O)[O-]. The fraction of sp³-hybridized carbons (Fsp3) is 0.500. The summed E-state index contributed by atoms with van der Waals surface area (Å²) < 4.78 is 5.28. The highest BCUT2D eigenvalue weighted by Crippen LogP contribution is 2.27. The van der Waals surface area contributed by atoms with Crippen LogP contribution in [0, 0.1) is 21.4 Å². The first-order valence-corrected chi connectivity index (χ1v) is 5.96. The zero-order chi connectivity index (χ0) is 14.3. The van der Waals surface area contributed by atoms with Gasteiger partial charge in [0.2, 0.25) is 0 Å². The molecule has 0 fully saturated rings. The van der Waals surface area contributed by atoms with Gasteiger partial charge in [-0.3, -0.25) is 10.1 Å². The van der Waals surface area contributed by atoms with Crippen molar-refractivity contribution in [3.05, 3.63) is 27.9 Å². The van der Waals surface area contributed by atoms with Gasteiger partial charge >= 0.3 is 5.69 Å². The third kappa shape index (κ3) is 4.52. The minimum Gasteiger partial charge on any atom is -0.473 e. The molecule has 1 aromatic rings. The van der Waals surface area contributed by atoms with E-state index in [0.717, 1.165) is 6.54 Å². The van der Waals surface area contributed by atoms with Gasteiger partial charge in [0, 0.05) is 12.2 Å². The molecule has 0 unspecified atom stereocenters. The number of nitrogens with one attached hydrogen (secondary N) is 1. The van der Waals surface area contributed by atoms with Crippen molar-refractivity contribution in [1.29, 1.82) is 5.26 Å². The summed E-state index contributed by atoms with van der Waals surface area (Å²) in [5, 5.41) is 22.9. The number of aromatic nitrogens is 1. The summed E-state index contributed by atoms with van der Waals surface area (Å²) in [5.74, 6) is -0.103. The molecule has 0 saturated heterocycles. The fourth-order valence-corrected chi connectivity index (χ4v) is 1.44. The lowest BCUT2D eigenvalue weighted by Gasteiger charge is -2.09. The van der Waals surface area contributed by atoms with E-state index in [2.05, 4.69) is 10.3 Å². The van der Waals surface area contributed by atoms with Crippen molar-refractivity contribution in [2.45, 2.75) is 26.3 Å². The number of rotatable bonds is 7. The number of nitriles is 1. The maximum absolute atomic E-state index is 10.9. The molecule has 0 spiro atoms. The normalized spacial score (nSPS) is 10.2. The van der Waals surface area contributed by atoms with Gasteiger partial charge in [-0.2, -0.15) is 5.26 Å². The molecule has 1 rings (SSSR count). The number of pyridine rings is 1. The van der Waals surface area contributed by atoms with Crippen molar-refractivity contribution in [3.63, 3.8) is 0 Å². The Morgan fingerprint density at radius 1 is 1.63 bits per heavy atom. The maximum atomic E-state index is 10.9. The Labute approximate surface area is 111 Å². The minimum absolute atomic E-state index is 0.0460. The van der Waals surface area contributed by atoms with Crippen molar-refractivity contribution in [3.8, 4) is 11.9 Å². The van der Waals surface area contributed by atoms with Crippen LogP contribution in [0.25, 0.3) is 0 Å². The molecule has 0 radical (unpaired) electrons. The van der Waals surface area contributed by atoms with E-state index in [0.29, 0.717) is 19.1 Å². The summed E-state index contributed by atoms with van der Waals surface area (Å²) in [4.78, 5) is 14.1. The van der Waals surface area contributed by atoms with Crippen molar-refractivity contribution in [1.82, 2.24) is 10.3 Å². The molecule has 0 aliphatic heterocycles. The molecular weight excluding hydrogens is 248 g/mol. The number of ether oxygens (including phenoxy) is 1. The van der Waals surface area contributed by atoms with Gasteiger partial charge in [-0.1, -0.05) is 13.8 Å². The Balaban J connectivity index is 2.64. The van der Waals surface area contributed by atoms with Crippen LogP contribution in [0.4, 0.5) is 5.69 Å². The molecule has 0 bridgehead atoms. The third-order valence-electron chi connectivity index (χ3n) is 2.31. The first-order chi connectivity index (χ1) is 9.06. The van der Waals surface area contributed by atoms with Gasteiger partial charge in [-0.25, -0.2) is 4.98 Å². The minimum atomic E-state index is -0.646. The summed E-state index contributed by atoms with van der Waals surface area (Å²) in [6.07, 6.45) is 2.03. The topological polar surface area (TPSA) is 101 Å². The Morgan fingerprint density at radius 2 is 2.37 bits per heavy atom. The van der Waals surface area contributed by atoms with E-state index in [-0.39, 0.29) is 17.1 Å². The second kappa shape index (κ2) is 7.28. The number of nitro groups is 1. The van der Waals surface area contributed by atoms with Crippen LogP contribution < -0.4 is 10.1 Å². The van der Waals surface area contributed by atoms with Gasteiger partial charge in [0.25, 0.3) is 5.88 Å². The lowest BCUT2D eigenvalue weighted by molar-refractivity contribution is -0.386. The fourth-order valence-electron chi connectivity index (χ4n) is 1.44. The average molecular weight is 264 g/mol. The highest BCUT2D eigenvalue weighted by molar-refractivity contribution is 5.54. The van der Waals surface area contributed by atoms with Crippen LogP contribution in [0.3, 0.4) is 0 Å². The van der Waals surface area contributed by atoms with E-state index >= 15 is 0 Å². The first-order valence-electron chi connectivity index (χ1n) is 5.96. The van der Waals surface area contributed by atoms with Gasteiger partial charge in [-0.05, 0) is 19.0 Å². The number of nitrogens with zero attached hydrogens (tertiary/aromatic N) is 3. The van der Waals surface area contributed by atoms with Gasteiger partial charge in [0.1, 0.15) is 11.6 Å². The van der Waals surface area contributed by atoms with Gasteiger partial charge in [0.15, 0.2) is 0 Å². The molecule has 0 amide bonds. The average Bonchev–Trinajstić information content (AvgIpc) is 2.37. The van der Waals surface area contributed by atoms with Crippen LogP contribution in [0.5, 0.6) is 5.88 Å². The molecule has 1 aromatic heterocycles. The highest BCUT2D eigenvalue weighted by atomic mass is 16.6. The van der Waals surface area contributed by atoms with Gasteiger partial charge in [-0.15, -0.1) is 0 Å². The van der Waals surface area contributed by atoms with E-state index in [1.54, 1.807) is 6.07 Å². The van der Waals surface area contributed by atoms with Crippen molar-refractivity contribution < 1.29 is 9.66 Å². The molecule has 102 valence electrons. The predicted octanol–water partition coefficient (Wildman–Crippen LogP) is 1.63. The van der Waals surface area contributed by atoms with Crippen molar-refractivity contribution in [2.24, 2.45) is 0 Å². The Kier molecular flexibility index (Phi) is 5.70. The second-order valence-corrected chi connectivity index (χ2v) is 4.19. The zero-order valence-corrected chi connectivity index (χ0v) is 10.9. The molecule has 0 atom stereocenters. The zero-order valence-electron chi connectivity index (χ0n) is 10.9. The van der Waals surface area contributed by atoms with E-state index in [1.807, 2.05) is 13.8 Å². The standard InChI is InChI=1S/C12H16N4O3/c1-9(2)14-5-3-7-19-12-11(16(17)18)10(8-13)4-6-15-12/h4,6,9,14H,3,5,7H2,1-2H3. The summed E-state index contributed by atoms with van der Waals surface area (Å²) in [7, 11) is 0. The van der Waals surface area contributed by atoms with Crippen LogP contribution >= 0.6 is 0 Å². The molecule has 0 saturated carbocycles. The molecular formula is C12H16N4O3. The first kappa shape index (κ1) is 14.9. The summed E-state index contributed by atoms with van der Waals surface area (Å²) in [6, 6.07) is 3.44. The quantitative estimate of drug-likeness (QED) is 0.456. The number of hydrogen-bond acceptors (Lipinski definition) is 6. The number of hydrogen-bond donors (Lipinski definition) is 1. The summed E-state index contributed by atoms with van der Waals surface area (Å²) >= 11 is 0. The van der Waals surface area contributed by atoms with Crippen molar-refractivity contribution >= 4 is 5.69 Å². The molecule has 19 heavy (non-hydrogen) atoms. The van der Waals surface area contributed by atoms with Crippen LogP contribution in [0.1, 0.15) is 25.8 Å². The van der Waals surface area contributed by atoms with E-state index < -0.39 is 4.92 Å². The highest BCUT2D eigenvalue weighted by Gasteiger charge is 2.22. The molecule has 0 aliphatic carbocycles. The smallest absolute Gasteiger partial charge is 0.348 e. The van der Waals surface area contributed by atoms with Gasteiger partial charge in [0.05, 0.1) is 11.5 Å². The maximum Gasteiger partial charge on any atom is 0.348 e. The third-order valence-corrected chi connectivity index (χ3v) is 2.31. The largest absolute Gasteiger partial charge is 0.473 e.